The van der Waals surface area contributed by atoms with E-state index in [4.69, 9.17) is 4.84 Å². The average molecular weight is 139 g/mol. The van der Waals surface area contributed by atoms with Crippen LogP contribution in [0.3, 0.4) is 0 Å². The monoisotopic (exact) mass is 139 g/mol. The third kappa shape index (κ3) is 2.09. The SMILES string of the molecule is CCCCOn1cc[c]n1. The minimum Gasteiger partial charge on any atom is -0.397 e. The number of hydrogen-bond donors (Lipinski definition) is 0. The summed E-state index contributed by atoms with van der Waals surface area (Å²) in [7, 11) is 0. The standard InChI is InChI=1S/C7H11N2O/c1-2-3-7-10-9-6-4-5-8-9/h4,6H,2-3,7H2,1H3. The van der Waals surface area contributed by atoms with E-state index in [1.54, 1.807) is 12.3 Å². The molecule has 0 saturated heterocycles. The second kappa shape index (κ2) is 3.93. The van der Waals surface area contributed by atoms with Gasteiger partial charge < -0.3 is 4.84 Å². The Morgan fingerprint density at radius 2 is 2.60 bits per heavy atom. The first kappa shape index (κ1) is 7.12. The van der Waals surface area contributed by atoms with Crippen LogP contribution in [0.15, 0.2) is 12.3 Å². The summed E-state index contributed by atoms with van der Waals surface area (Å²) in [6.45, 7) is 2.85. The van der Waals surface area contributed by atoms with Crippen LogP contribution in [0.1, 0.15) is 19.8 Å². The molecule has 0 fully saturated rings. The Morgan fingerprint density at radius 3 is 3.20 bits per heavy atom. The van der Waals surface area contributed by atoms with Gasteiger partial charge in [0.15, 0.2) is 0 Å². The maximum absolute atomic E-state index is 5.16. The zero-order valence-electron chi connectivity index (χ0n) is 6.08. The van der Waals surface area contributed by atoms with Crippen LogP contribution >= 0.6 is 0 Å². The molecule has 0 bridgehead atoms. The Hall–Kier alpha value is -0.990. The van der Waals surface area contributed by atoms with Crippen LogP contribution in [0.5, 0.6) is 0 Å². The molecule has 1 radical (unpaired) electrons. The van der Waals surface area contributed by atoms with Crippen LogP contribution in [0.2, 0.25) is 0 Å². The molecule has 0 unspecified atom stereocenters. The van der Waals surface area contributed by atoms with Crippen molar-refractivity contribution in [1.29, 1.82) is 0 Å². The van der Waals surface area contributed by atoms with Crippen molar-refractivity contribution in [3.63, 3.8) is 0 Å². The zero-order valence-corrected chi connectivity index (χ0v) is 6.08. The van der Waals surface area contributed by atoms with Gasteiger partial charge in [-0.1, -0.05) is 13.3 Å². The molecule has 3 nitrogen and oxygen atoms in total. The van der Waals surface area contributed by atoms with Gasteiger partial charge in [-0.15, -0.1) is 9.94 Å². The first-order valence-electron chi connectivity index (χ1n) is 3.48. The normalized spacial score (nSPS) is 9.70. The highest BCUT2D eigenvalue weighted by molar-refractivity contribution is 4.72. The molecule has 0 aliphatic carbocycles. The lowest BCUT2D eigenvalue weighted by Gasteiger charge is -2.01. The summed E-state index contributed by atoms with van der Waals surface area (Å²) in [5, 5.41) is 3.76. The van der Waals surface area contributed by atoms with E-state index in [1.807, 2.05) is 0 Å². The summed E-state index contributed by atoms with van der Waals surface area (Å²) in [5.74, 6) is 0. The van der Waals surface area contributed by atoms with Crippen molar-refractivity contribution in [3.8, 4) is 0 Å². The van der Waals surface area contributed by atoms with Crippen LogP contribution in [0, 0.1) is 6.20 Å². The number of nitrogens with zero attached hydrogens (tertiary/aromatic N) is 2. The Balaban J connectivity index is 2.15. The predicted molar refractivity (Wildman–Crippen MR) is 37.4 cm³/mol. The summed E-state index contributed by atoms with van der Waals surface area (Å²) in [4.78, 5) is 6.59. The van der Waals surface area contributed by atoms with Crippen molar-refractivity contribution in [2.75, 3.05) is 6.61 Å². The predicted octanol–water partition coefficient (Wildman–Crippen LogP) is 0.912. The molecule has 0 amide bonds. The quantitative estimate of drug-likeness (QED) is 0.580. The summed E-state index contributed by atoms with van der Waals surface area (Å²) < 4.78 is 0. The molecule has 0 aliphatic rings. The highest BCUT2D eigenvalue weighted by atomic mass is 16.7. The van der Waals surface area contributed by atoms with E-state index in [0.717, 1.165) is 19.4 Å². The number of unbranched alkanes of at least 4 members (excludes halogenated alkanes) is 1. The number of rotatable bonds is 4. The van der Waals surface area contributed by atoms with Crippen molar-refractivity contribution >= 4 is 0 Å². The summed E-state index contributed by atoms with van der Waals surface area (Å²) >= 11 is 0. The van der Waals surface area contributed by atoms with Gasteiger partial charge in [-0.25, -0.2) is 0 Å². The van der Waals surface area contributed by atoms with Crippen molar-refractivity contribution in [2.24, 2.45) is 0 Å². The molecule has 1 aromatic rings. The van der Waals surface area contributed by atoms with E-state index in [9.17, 15) is 0 Å². The average Bonchev–Trinajstić information content (AvgIpc) is 2.41. The second-order valence-corrected chi connectivity index (χ2v) is 2.03. The third-order valence-electron chi connectivity index (χ3n) is 1.15. The van der Waals surface area contributed by atoms with E-state index in [0.29, 0.717) is 0 Å². The van der Waals surface area contributed by atoms with E-state index in [-0.39, 0.29) is 0 Å². The lowest BCUT2D eigenvalue weighted by molar-refractivity contribution is 0.0800. The Bertz CT molecular complexity index is 160. The minimum absolute atomic E-state index is 0.728. The molecular weight excluding hydrogens is 128 g/mol. The molecule has 10 heavy (non-hydrogen) atoms. The maximum atomic E-state index is 5.16. The van der Waals surface area contributed by atoms with Gasteiger partial charge in [0, 0.05) is 0 Å². The van der Waals surface area contributed by atoms with E-state index < -0.39 is 0 Å². The van der Waals surface area contributed by atoms with Gasteiger partial charge >= 0.3 is 0 Å². The smallest absolute Gasteiger partial charge is 0.117 e. The molecule has 1 rings (SSSR count). The van der Waals surface area contributed by atoms with Crippen LogP contribution in [-0.4, -0.2) is 16.6 Å². The topological polar surface area (TPSA) is 27.1 Å². The Labute approximate surface area is 60.6 Å². The summed E-state index contributed by atoms with van der Waals surface area (Å²) in [5.41, 5.74) is 0. The molecule has 0 atom stereocenters. The fourth-order valence-corrected chi connectivity index (χ4v) is 0.595. The van der Waals surface area contributed by atoms with Crippen LogP contribution in [0.25, 0.3) is 0 Å². The highest BCUT2D eigenvalue weighted by Gasteiger charge is 1.87. The molecule has 3 heteroatoms. The molecule has 0 aliphatic heterocycles. The molecule has 1 aromatic heterocycles. The highest BCUT2D eigenvalue weighted by Crippen LogP contribution is 1.85. The summed E-state index contributed by atoms with van der Waals surface area (Å²) in [6, 6.07) is 1.71. The van der Waals surface area contributed by atoms with Gasteiger partial charge in [0.25, 0.3) is 0 Å². The lowest BCUT2D eigenvalue weighted by atomic mass is 10.4. The molecule has 0 spiro atoms. The van der Waals surface area contributed by atoms with E-state index in [1.165, 1.54) is 4.85 Å². The van der Waals surface area contributed by atoms with Crippen LogP contribution < -0.4 is 4.84 Å². The van der Waals surface area contributed by atoms with Gasteiger partial charge in [-0.2, -0.15) is 0 Å². The fourth-order valence-electron chi connectivity index (χ4n) is 0.595. The molecule has 0 aromatic carbocycles. The van der Waals surface area contributed by atoms with Gasteiger partial charge in [-0.3, -0.25) is 0 Å². The first-order valence-corrected chi connectivity index (χ1v) is 3.48. The zero-order chi connectivity index (χ0) is 7.23. The second-order valence-electron chi connectivity index (χ2n) is 2.03. The molecule has 0 N–H and O–H groups in total. The van der Waals surface area contributed by atoms with Crippen molar-refractivity contribution < 1.29 is 4.84 Å². The third-order valence-corrected chi connectivity index (χ3v) is 1.15. The Morgan fingerprint density at radius 1 is 1.70 bits per heavy atom. The summed E-state index contributed by atoms with van der Waals surface area (Å²) in [6.07, 6.45) is 6.59. The maximum Gasteiger partial charge on any atom is 0.117 e. The van der Waals surface area contributed by atoms with Crippen molar-refractivity contribution in [3.05, 3.63) is 18.5 Å². The molecule has 1 heterocycles. The van der Waals surface area contributed by atoms with Gasteiger partial charge in [0.1, 0.15) is 12.8 Å². The van der Waals surface area contributed by atoms with Crippen LogP contribution in [0.4, 0.5) is 0 Å². The largest absolute Gasteiger partial charge is 0.397 e. The van der Waals surface area contributed by atoms with Crippen molar-refractivity contribution in [1.82, 2.24) is 9.94 Å². The first-order chi connectivity index (χ1) is 4.93. The van der Waals surface area contributed by atoms with Gasteiger partial charge in [0.2, 0.25) is 0 Å². The fraction of sp³-hybridized carbons (Fsp3) is 0.571. The van der Waals surface area contributed by atoms with Gasteiger partial charge in [0.05, 0.1) is 6.20 Å². The minimum atomic E-state index is 0.728. The number of aromatic nitrogens is 2. The number of hydrogen-bond acceptors (Lipinski definition) is 2. The van der Waals surface area contributed by atoms with Crippen LogP contribution in [-0.2, 0) is 0 Å². The van der Waals surface area contributed by atoms with Gasteiger partial charge in [-0.05, 0) is 12.5 Å². The Kier molecular flexibility index (Phi) is 2.80. The van der Waals surface area contributed by atoms with E-state index >= 15 is 0 Å². The molecular formula is C7H11N2O. The molecule has 0 saturated carbocycles. The lowest BCUT2D eigenvalue weighted by Crippen LogP contribution is -2.12. The molecule has 55 valence electrons. The van der Waals surface area contributed by atoms with E-state index in [2.05, 4.69) is 18.2 Å². The van der Waals surface area contributed by atoms with Crippen molar-refractivity contribution in [2.45, 2.75) is 19.8 Å².